The molecule has 1 heterocycles. The number of anilines is 1. The van der Waals surface area contributed by atoms with Gasteiger partial charge in [-0.3, -0.25) is 0 Å². The zero-order chi connectivity index (χ0) is 13.0. The van der Waals surface area contributed by atoms with E-state index in [2.05, 4.69) is 10.4 Å². The maximum absolute atomic E-state index is 9.22. The van der Waals surface area contributed by atoms with Crippen LogP contribution in [-0.2, 0) is 0 Å². The van der Waals surface area contributed by atoms with E-state index in [1.54, 1.807) is 6.20 Å². The number of nitrogens with zero attached hydrogens (tertiary/aromatic N) is 2. The van der Waals surface area contributed by atoms with Crippen LogP contribution in [0.4, 0.5) is 5.69 Å². The Kier molecular flexibility index (Phi) is 3.67. The van der Waals surface area contributed by atoms with E-state index in [-0.39, 0.29) is 12.0 Å². The van der Waals surface area contributed by atoms with Gasteiger partial charge in [-0.1, -0.05) is 19.9 Å². The summed E-state index contributed by atoms with van der Waals surface area (Å²) in [7, 11) is 0. The van der Waals surface area contributed by atoms with Gasteiger partial charge in [0.15, 0.2) is 0 Å². The molecule has 0 saturated carbocycles. The molecular weight excluding hydrogens is 226 g/mol. The van der Waals surface area contributed by atoms with E-state index in [0.29, 0.717) is 0 Å². The summed E-state index contributed by atoms with van der Waals surface area (Å²) in [6, 6.07) is 9.95. The molecule has 0 amide bonds. The molecule has 0 bridgehead atoms. The smallest absolute Gasteiger partial charge is 0.0666 e. The van der Waals surface area contributed by atoms with Crippen LogP contribution < -0.4 is 5.32 Å². The first-order valence-corrected chi connectivity index (χ1v) is 6.05. The Labute approximate surface area is 107 Å². The van der Waals surface area contributed by atoms with E-state index in [1.165, 1.54) is 0 Å². The van der Waals surface area contributed by atoms with E-state index in [0.717, 1.165) is 17.9 Å². The summed E-state index contributed by atoms with van der Waals surface area (Å²) in [5.41, 5.74) is 1.93. The van der Waals surface area contributed by atoms with Gasteiger partial charge in [-0.2, -0.15) is 5.10 Å². The van der Waals surface area contributed by atoms with Gasteiger partial charge in [0.1, 0.15) is 0 Å². The third-order valence-electron chi connectivity index (χ3n) is 2.81. The van der Waals surface area contributed by atoms with Gasteiger partial charge in [0.05, 0.1) is 5.69 Å². The van der Waals surface area contributed by atoms with Crippen LogP contribution >= 0.6 is 0 Å². The van der Waals surface area contributed by atoms with Gasteiger partial charge in [-0.05, 0) is 24.3 Å². The molecule has 2 rings (SSSR count). The SMILES string of the molecule is CC(C)(CO)CNc1cccc(-n2cccn2)c1. The van der Waals surface area contributed by atoms with Crippen molar-refractivity contribution in [2.45, 2.75) is 13.8 Å². The summed E-state index contributed by atoms with van der Waals surface area (Å²) in [5.74, 6) is 0. The first kappa shape index (κ1) is 12.6. The molecule has 4 nitrogen and oxygen atoms in total. The number of rotatable bonds is 5. The summed E-state index contributed by atoms with van der Waals surface area (Å²) in [4.78, 5) is 0. The summed E-state index contributed by atoms with van der Waals surface area (Å²) < 4.78 is 1.82. The largest absolute Gasteiger partial charge is 0.396 e. The van der Waals surface area contributed by atoms with Crippen LogP contribution in [0.3, 0.4) is 0 Å². The average molecular weight is 245 g/mol. The van der Waals surface area contributed by atoms with E-state index < -0.39 is 0 Å². The summed E-state index contributed by atoms with van der Waals surface area (Å²) in [5, 5.41) is 16.8. The average Bonchev–Trinajstić information content (AvgIpc) is 2.91. The maximum Gasteiger partial charge on any atom is 0.0666 e. The van der Waals surface area contributed by atoms with Gasteiger partial charge in [0.25, 0.3) is 0 Å². The minimum atomic E-state index is -0.123. The highest BCUT2D eigenvalue weighted by molar-refractivity contribution is 5.50. The lowest BCUT2D eigenvalue weighted by atomic mass is 9.95. The van der Waals surface area contributed by atoms with Gasteiger partial charge in [0.2, 0.25) is 0 Å². The van der Waals surface area contributed by atoms with Gasteiger partial charge >= 0.3 is 0 Å². The lowest BCUT2D eigenvalue weighted by Gasteiger charge is -2.22. The molecule has 0 fully saturated rings. The second-order valence-electron chi connectivity index (χ2n) is 5.18. The van der Waals surface area contributed by atoms with E-state index in [4.69, 9.17) is 0 Å². The Hall–Kier alpha value is -1.81. The van der Waals surface area contributed by atoms with Crippen LogP contribution in [-0.4, -0.2) is 28.0 Å². The zero-order valence-corrected chi connectivity index (χ0v) is 10.8. The zero-order valence-electron chi connectivity index (χ0n) is 10.8. The monoisotopic (exact) mass is 245 g/mol. The molecule has 0 atom stereocenters. The fraction of sp³-hybridized carbons (Fsp3) is 0.357. The molecule has 1 aromatic heterocycles. The molecule has 0 aliphatic carbocycles. The van der Waals surface area contributed by atoms with Crippen molar-refractivity contribution in [2.75, 3.05) is 18.5 Å². The number of hydrogen-bond donors (Lipinski definition) is 2. The lowest BCUT2D eigenvalue weighted by molar-refractivity contribution is 0.171. The number of benzene rings is 1. The molecule has 18 heavy (non-hydrogen) atoms. The van der Waals surface area contributed by atoms with Crippen molar-refractivity contribution < 1.29 is 5.11 Å². The number of aliphatic hydroxyl groups is 1. The molecule has 2 N–H and O–H groups in total. The van der Waals surface area contributed by atoms with E-state index in [1.807, 2.05) is 55.1 Å². The third-order valence-corrected chi connectivity index (χ3v) is 2.81. The van der Waals surface area contributed by atoms with E-state index >= 15 is 0 Å². The Morgan fingerprint density at radius 2 is 2.17 bits per heavy atom. The van der Waals surface area contributed by atoms with Gasteiger partial charge in [0, 0.05) is 36.6 Å². The normalized spacial score (nSPS) is 11.5. The Balaban J connectivity index is 2.09. The minimum absolute atomic E-state index is 0.123. The van der Waals surface area contributed by atoms with Crippen LogP contribution in [0, 0.1) is 5.41 Å². The Morgan fingerprint density at radius 3 is 2.83 bits per heavy atom. The second-order valence-corrected chi connectivity index (χ2v) is 5.18. The number of aromatic nitrogens is 2. The quantitative estimate of drug-likeness (QED) is 0.850. The molecule has 96 valence electrons. The first-order chi connectivity index (χ1) is 8.61. The highest BCUT2D eigenvalue weighted by Gasteiger charge is 2.15. The molecule has 0 aliphatic rings. The van der Waals surface area contributed by atoms with Crippen molar-refractivity contribution in [2.24, 2.45) is 5.41 Å². The maximum atomic E-state index is 9.22. The molecule has 2 aromatic rings. The topological polar surface area (TPSA) is 50.1 Å². The van der Waals surface area contributed by atoms with Crippen molar-refractivity contribution in [1.82, 2.24) is 9.78 Å². The second kappa shape index (κ2) is 5.23. The van der Waals surface area contributed by atoms with Crippen LogP contribution in [0.2, 0.25) is 0 Å². The molecule has 1 aromatic carbocycles. The minimum Gasteiger partial charge on any atom is -0.396 e. The fourth-order valence-corrected chi connectivity index (χ4v) is 1.58. The first-order valence-electron chi connectivity index (χ1n) is 6.05. The van der Waals surface area contributed by atoms with Gasteiger partial charge < -0.3 is 10.4 Å². The number of hydrogen-bond acceptors (Lipinski definition) is 3. The highest BCUT2D eigenvalue weighted by Crippen LogP contribution is 2.18. The number of aliphatic hydroxyl groups excluding tert-OH is 1. The summed E-state index contributed by atoms with van der Waals surface area (Å²) in [6.07, 6.45) is 3.67. The Bertz CT molecular complexity index is 492. The number of nitrogens with one attached hydrogen (secondary N) is 1. The molecular formula is C14H19N3O. The standard InChI is InChI=1S/C14H19N3O/c1-14(2,11-18)10-15-12-5-3-6-13(9-12)17-8-4-7-16-17/h3-9,15,18H,10-11H2,1-2H3. The van der Waals surface area contributed by atoms with Gasteiger partial charge in [-0.25, -0.2) is 4.68 Å². The van der Waals surface area contributed by atoms with Crippen molar-refractivity contribution in [1.29, 1.82) is 0 Å². The van der Waals surface area contributed by atoms with Crippen LogP contribution in [0.15, 0.2) is 42.7 Å². The highest BCUT2D eigenvalue weighted by atomic mass is 16.3. The van der Waals surface area contributed by atoms with Crippen molar-refractivity contribution in [3.8, 4) is 5.69 Å². The van der Waals surface area contributed by atoms with Gasteiger partial charge in [-0.15, -0.1) is 0 Å². The molecule has 0 aliphatic heterocycles. The third kappa shape index (κ3) is 3.11. The van der Waals surface area contributed by atoms with Crippen molar-refractivity contribution >= 4 is 5.69 Å². The predicted octanol–water partition coefficient (Wildman–Crippen LogP) is 2.30. The molecule has 0 unspecified atom stereocenters. The van der Waals surface area contributed by atoms with Crippen molar-refractivity contribution in [3.05, 3.63) is 42.7 Å². The predicted molar refractivity (Wildman–Crippen MR) is 72.9 cm³/mol. The summed E-state index contributed by atoms with van der Waals surface area (Å²) in [6.45, 7) is 4.94. The summed E-state index contributed by atoms with van der Waals surface area (Å²) >= 11 is 0. The Morgan fingerprint density at radius 1 is 1.33 bits per heavy atom. The molecule has 0 spiro atoms. The van der Waals surface area contributed by atoms with Crippen LogP contribution in [0.5, 0.6) is 0 Å². The molecule has 4 heteroatoms. The lowest BCUT2D eigenvalue weighted by Crippen LogP contribution is -2.26. The molecule has 0 radical (unpaired) electrons. The van der Waals surface area contributed by atoms with E-state index in [9.17, 15) is 5.11 Å². The molecule has 0 saturated heterocycles. The van der Waals surface area contributed by atoms with Crippen LogP contribution in [0.1, 0.15) is 13.8 Å². The fourth-order valence-electron chi connectivity index (χ4n) is 1.58. The van der Waals surface area contributed by atoms with Crippen LogP contribution in [0.25, 0.3) is 5.69 Å². The van der Waals surface area contributed by atoms with Crippen molar-refractivity contribution in [3.63, 3.8) is 0 Å².